The zero-order valence-corrected chi connectivity index (χ0v) is 11.2. The van der Waals surface area contributed by atoms with Gasteiger partial charge in [-0.1, -0.05) is 18.2 Å². The molecular formula is C15H15N3O2. The van der Waals surface area contributed by atoms with Gasteiger partial charge in [0.25, 0.3) is 0 Å². The monoisotopic (exact) mass is 269 g/mol. The van der Waals surface area contributed by atoms with Crippen molar-refractivity contribution in [2.24, 2.45) is 7.05 Å². The van der Waals surface area contributed by atoms with E-state index in [4.69, 9.17) is 4.42 Å². The Balaban J connectivity index is 1.66. The van der Waals surface area contributed by atoms with Crippen molar-refractivity contribution in [1.82, 2.24) is 14.9 Å². The molecule has 0 aliphatic rings. The molecule has 0 fully saturated rings. The van der Waals surface area contributed by atoms with Crippen molar-refractivity contribution in [3.8, 4) is 0 Å². The van der Waals surface area contributed by atoms with Crippen LogP contribution in [0.2, 0.25) is 0 Å². The van der Waals surface area contributed by atoms with Gasteiger partial charge in [-0.05, 0) is 6.07 Å². The van der Waals surface area contributed by atoms with E-state index in [1.54, 1.807) is 12.5 Å². The number of rotatable bonds is 4. The van der Waals surface area contributed by atoms with E-state index in [9.17, 15) is 4.79 Å². The van der Waals surface area contributed by atoms with Gasteiger partial charge >= 0.3 is 0 Å². The molecule has 20 heavy (non-hydrogen) atoms. The van der Waals surface area contributed by atoms with E-state index in [1.807, 2.05) is 42.1 Å². The van der Waals surface area contributed by atoms with Crippen molar-refractivity contribution < 1.29 is 9.21 Å². The van der Waals surface area contributed by atoms with Crippen molar-refractivity contribution >= 4 is 16.9 Å². The minimum atomic E-state index is -0.0421. The number of benzene rings is 1. The largest absolute Gasteiger partial charge is 0.464 e. The van der Waals surface area contributed by atoms with Gasteiger partial charge in [0, 0.05) is 30.4 Å². The van der Waals surface area contributed by atoms with Crippen LogP contribution in [0.5, 0.6) is 0 Å². The molecule has 5 nitrogen and oxygen atoms in total. The summed E-state index contributed by atoms with van der Waals surface area (Å²) in [6.45, 7) is 0.429. The first-order valence-corrected chi connectivity index (χ1v) is 6.42. The van der Waals surface area contributed by atoms with Gasteiger partial charge in [-0.3, -0.25) is 4.79 Å². The number of furan rings is 1. The summed E-state index contributed by atoms with van der Waals surface area (Å²) in [6.07, 6.45) is 5.52. The van der Waals surface area contributed by atoms with Gasteiger partial charge in [-0.15, -0.1) is 0 Å². The number of amides is 1. The van der Waals surface area contributed by atoms with Crippen LogP contribution in [-0.2, 0) is 24.8 Å². The number of nitrogens with one attached hydrogen (secondary N) is 1. The Morgan fingerprint density at radius 2 is 2.25 bits per heavy atom. The second-order valence-corrected chi connectivity index (χ2v) is 4.66. The summed E-state index contributed by atoms with van der Waals surface area (Å²) < 4.78 is 7.31. The maximum atomic E-state index is 12.0. The van der Waals surface area contributed by atoms with Crippen LogP contribution >= 0.6 is 0 Å². The highest BCUT2D eigenvalue weighted by Gasteiger charge is 2.10. The van der Waals surface area contributed by atoms with Crippen LogP contribution < -0.4 is 5.32 Å². The van der Waals surface area contributed by atoms with Gasteiger partial charge in [-0.25, -0.2) is 4.98 Å². The number of imidazole rings is 1. The Hall–Kier alpha value is -2.56. The average molecular weight is 269 g/mol. The molecule has 0 aliphatic carbocycles. The lowest BCUT2D eigenvalue weighted by Gasteiger charge is -2.04. The van der Waals surface area contributed by atoms with E-state index >= 15 is 0 Å². The summed E-state index contributed by atoms with van der Waals surface area (Å²) in [5.41, 5.74) is 1.71. The fourth-order valence-corrected chi connectivity index (χ4v) is 2.15. The number of carbonyl (C=O) groups excluding carboxylic acids is 1. The first kappa shape index (κ1) is 12.5. The molecular weight excluding hydrogens is 254 g/mol. The fourth-order valence-electron chi connectivity index (χ4n) is 2.15. The second kappa shape index (κ2) is 5.21. The molecule has 102 valence electrons. The predicted molar refractivity (Wildman–Crippen MR) is 75.0 cm³/mol. The molecule has 0 spiro atoms. The number of nitrogens with zero attached hydrogens (tertiary/aromatic N) is 2. The number of aryl methyl sites for hydroxylation is 1. The highest BCUT2D eigenvalue weighted by molar-refractivity contribution is 5.87. The maximum Gasteiger partial charge on any atom is 0.224 e. The molecule has 0 saturated carbocycles. The zero-order chi connectivity index (χ0) is 13.9. The molecule has 1 N–H and O–H groups in total. The Morgan fingerprint density at radius 3 is 3.05 bits per heavy atom. The van der Waals surface area contributed by atoms with Crippen LogP contribution in [0.4, 0.5) is 0 Å². The van der Waals surface area contributed by atoms with Crippen LogP contribution in [0, 0.1) is 0 Å². The molecule has 0 atom stereocenters. The van der Waals surface area contributed by atoms with Crippen LogP contribution in [0.3, 0.4) is 0 Å². The normalized spacial score (nSPS) is 10.8. The van der Waals surface area contributed by atoms with Gasteiger partial charge < -0.3 is 14.3 Å². The van der Waals surface area contributed by atoms with Gasteiger partial charge in [0.15, 0.2) is 0 Å². The van der Waals surface area contributed by atoms with Gasteiger partial charge in [0.1, 0.15) is 11.4 Å². The Bertz CT molecular complexity index is 742. The van der Waals surface area contributed by atoms with Gasteiger partial charge in [-0.2, -0.15) is 0 Å². The number of aromatic nitrogens is 2. The zero-order valence-electron chi connectivity index (χ0n) is 11.2. The van der Waals surface area contributed by atoms with Crippen molar-refractivity contribution in [3.05, 3.63) is 54.3 Å². The van der Waals surface area contributed by atoms with E-state index in [2.05, 4.69) is 10.3 Å². The summed E-state index contributed by atoms with van der Waals surface area (Å²) in [7, 11) is 1.90. The van der Waals surface area contributed by atoms with Gasteiger partial charge in [0.2, 0.25) is 5.91 Å². The molecule has 0 aliphatic heterocycles. The number of hydrogen-bond acceptors (Lipinski definition) is 3. The topological polar surface area (TPSA) is 60.1 Å². The molecule has 0 saturated heterocycles. The van der Waals surface area contributed by atoms with E-state index in [0.29, 0.717) is 13.0 Å². The predicted octanol–water partition coefficient (Wildman–Crippen LogP) is 2.03. The Labute approximate surface area is 116 Å². The highest BCUT2D eigenvalue weighted by Crippen LogP contribution is 2.20. The van der Waals surface area contributed by atoms with E-state index < -0.39 is 0 Å². The lowest BCUT2D eigenvalue weighted by Crippen LogP contribution is -2.25. The van der Waals surface area contributed by atoms with Crippen LogP contribution in [0.1, 0.15) is 11.4 Å². The molecule has 0 unspecified atom stereocenters. The number of carbonyl (C=O) groups is 1. The first-order chi connectivity index (χ1) is 9.74. The van der Waals surface area contributed by atoms with Gasteiger partial charge in [0.05, 0.1) is 19.2 Å². The SMILES string of the molecule is Cn1ccnc1CNC(=O)Cc1coc2ccccc12. The third kappa shape index (κ3) is 2.42. The minimum Gasteiger partial charge on any atom is -0.464 e. The third-order valence-corrected chi connectivity index (χ3v) is 3.28. The van der Waals surface area contributed by atoms with Crippen molar-refractivity contribution in [1.29, 1.82) is 0 Å². The second-order valence-electron chi connectivity index (χ2n) is 4.66. The molecule has 1 aromatic carbocycles. The Kier molecular flexibility index (Phi) is 3.25. The van der Waals surface area contributed by atoms with Crippen molar-refractivity contribution in [2.45, 2.75) is 13.0 Å². The molecule has 2 heterocycles. The van der Waals surface area contributed by atoms with E-state index in [0.717, 1.165) is 22.4 Å². The fraction of sp³-hybridized carbons (Fsp3) is 0.200. The molecule has 3 aromatic rings. The summed E-state index contributed by atoms with van der Waals surface area (Å²) >= 11 is 0. The quantitative estimate of drug-likeness (QED) is 0.788. The average Bonchev–Trinajstić information content (AvgIpc) is 3.04. The Morgan fingerprint density at radius 1 is 1.40 bits per heavy atom. The van der Waals surface area contributed by atoms with Crippen LogP contribution in [0.15, 0.2) is 47.3 Å². The van der Waals surface area contributed by atoms with E-state index in [-0.39, 0.29) is 5.91 Å². The lowest BCUT2D eigenvalue weighted by molar-refractivity contribution is -0.120. The minimum absolute atomic E-state index is 0.0421. The molecule has 0 bridgehead atoms. The number of hydrogen-bond donors (Lipinski definition) is 1. The first-order valence-electron chi connectivity index (χ1n) is 6.42. The number of fused-ring (bicyclic) bond motifs is 1. The van der Waals surface area contributed by atoms with Crippen LogP contribution in [-0.4, -0.2) is 15.5 Å². The molecule has 2 aromatic heterocycles. The third-order valence-electron chi connectivity index (χ3n) is 3.28. The molecule has 0 radical (unpaired) electrons. The lowest BCUT2D eigenvalue weighted by atomic mass is 10.1. The summed E-state index contributed by atoms with van der Waals surface area (Å²) in [6, 6.07) is 7.70. The van der Waals surface area contributed by atoms with Crippen molar-refractivity contribution in [3.63, 3.8) is 0 Å². The standard InChI is InChI=1S/C15H15N3O2/c1-18-7-6-16-14(18)9-17-15(19)8-11-10-20-13-5-3-2-4-12(11)13/h2-7,10H,8-9H2,1H3,(H,17,19). The molecule has 1 amide bonds. The summed E-state index contributed by atoms with van der Waals surface area (Å²) in [4.78, 5) is 16.1. The van der Waals surface area contributed by atoms with Crippen molar-refractivity contribution in [2.75, 3.05) is 0 Å². The van der Waals surface area contributed by atoms with Crippen LogP contribution in [0.25, 0.3) is 11.0 Å². The summed E-state index contributed by atoms with van der Waals surface area (Å²) in [5, 5.41) is 3.85. The highest BCUT2D eigenvalue weighted by atomic mass is 16.3. The molecule has 5 heteroatoms. The number of para-hydroxylation sites is 1. The molecule has 3 rings (SSSR count). The summed E-state index contributed by atoms with van der Waals surface area (Å²) in [5.74, 6) is 0.787. The van der Waals surface area contributed by atoms with E-state index in [1.165, 1.54) is 0 Å². The maximum absolute atomic E-state index is 12.0. The smallest absolute Gasteiger partial charge is 0.224 e.